The molecule has 10 aliphatic rings. The lowest BCUT2D eigenvalue weighted by molar-refractivity contribution is -0.239. The number of carbonyl (C=O) groups is 5. The number of aliphatic hydroxyl groups is 3. The molecule has 0 saturated heterocycles. The normalized spacial score (nSPS) is 51.1. The highest BCUT2D eigenvalue weighted by Crippen LogP contribution is 2.77. The van der Waals surface area contributed by atoms with Crippen molar-refractivity contribution < 1.29 is 48.1 Å². The Labute approximate surface area is 378 Å². The van der Waals surface area contributed by atoms with Crippen LogP contribution in [0.2, 0.25) is 0 Å². The standard InChI is InChI=1S/C27H37FO4.C27H35FO4/c2*1-23(2)12-17-6-7-19-20-8-5-16-11-18(30)9-10-24(16,3)27(20,28)21(31)13-25(19,4)26(17,15-23)22(32)14-29/h9-11,17,19-21,29,31H,5-8,12-15H2,1-4H3;9-11,14,17,19-21,31H,5-8,12-13,15H2,1-4H3/t2*17-,19?,20?,21-,24-,25-,26+,27-/m00/s1. The van der Waals surface area contributed by atoms with E-state index in [1.54, 1.807) is 24.3 Å². The molecule has 16 atom stereocenters. The zero-order valence-electron chi connectivity index (χ0n) is 39.4. The molecular formula is C54H72F2O8. The van der Waals surface area contributed by atoms with Crippen LogP contribution in [-0.2, 0) is 24.0 Å². The van der Waals surface area contributed by atoms with Crippen molar-refractivity contribution in [2.24, 2.45) is 78.8 Å². The average molecular weight is 887 g/mol. The van der Waals surface area contributed by atoms with Gasteiger partial charge in [-0.15, -0.1) is 0 Å². The zero-order valence-corrected chi connectivity index (χ0v) is 39.4. The summed E-state index contributed by atoms with van der Waals surface area (Å²) in [7, 11) is 0. The minimum Gasteiger partial charge on any atom is -0.390 e. The number of halogens is 2. The minimum absolute atomic E-state index is 0.0243. The fraction of sp³-hybridized carbons (Fsp3) is 0.759. The van der Waals surface area contributed by atoms with Gasteiger partial charge in [0.15, 0.2) is 35.0 Å². The van der Waals surface area contributed by atoms with Crippen molar-refractivity contribution in [3.8, 4) is 0 Å². The van der Waals surface area contributed by atoms with Crippen LogP contribution in [0.1, 0.15) is 145 Å². The van der Waals surface area contributed by atoms with Crippen molar-refractivity contribution in [2.45, 2.75) is 169 Å². The Morgan fingerprint density at radius 2 is 1.03 bits per heavy atom. The van der Waals surface area contributed by atoms with Crippen LogP contribution in [0.3, 0.4) is 0 Å². The molecule has 0 aromatic carbocycles. The van der Waals surface area contributed by atoms with E-state index in [2.05, 4.69) is 41.5 Å². The zero-order chi connectivity index (χ0) is 46.6. The van der Waals surface area contributed by atoms with E-state index < -0.39 is 68.6 Å². The number of hydrogen-bond donors (Lipinski definition) is 3. The van der Waals surface area contributed by atoms with E-state index in [4.69, 9.17) is 0 Å². The third-order valence-electron chi connectivity index (χ3n) is 21.4. The molecule has 64 heavy (non-hydrogen) atoms. The highest BCUT2D eigenvalue weighted by molar-refractivity contribution is 6.28. The molecule has 0 aromatic heterocycles. The highest BCUT2D eigenvalue weighted by atomic mass is 19.1. The Kier molecular flexibility index (Phi) is 10.3. The summed E-state index contributed by atoms with van der Waals surface area (Å²) in [5.41, 5.74) is -7.10. The van der Waals surface area contributed by atoms with E-state index in [0.29, 0.717) is 44.8 Å². The van der Waals surface area contributed by atoms with Crippen LogP contribution in [0.4, 0.5) is 8.78 Å². The summed E-state index contributed by atoms with van der Waals surface area (Å²) in [5, 5.41) is 33.1. The molecule has 0 radical (unpaired) electrons. The van der Waals surface area contributed by atoms with E-state index in [1.165, 1.54) is 12.2 Å². The van der Waals surface area contributed by atoms with Gasteiger partial charge in [-0.05, 0) is 173 Å². The third kappa shape index (κ3) is 5.57. The molecule has 0 spiro atoms. The number of alkyl halides is 2. The van der Waals surface area contributed by atoms with Gasteiger partial charge in [0.1, 0.15) is 6.61 Å². The second-order valence-electron chi connectivity index (χ2n) is 25.2. The quantitative estimate of drug-likeness (QED) is 0.188. The third-order valence-corrected chi connectivity index (χ3v) is 21.4. The van der Waals surface area contributed by atoms with Gasteiger partial charge in [-0.3, -0.25) is 24.0 Å². The first-order chi connectivity index (χ1) is 29.7. The Morgan fingerprint density at radius 1 is 0.625 bits per heavy atom. The summed E-state index contributed by atoms with van der Waals surface area (Å²) in [6, 6.07) is 0. The van der Waals surface area contributed by atoms with Gasteiger partial charge >= 0.3 is 0 Å². The van der Waals surface area contributed by atoms with Crippen molar-refractivity contribution in [1.82, 2.24) is 0 Å². The molecule has 0 aliphatic heterocycles. The van der Waals surface area contributed by atoms with Gasteiger partial charge in [-0.1, -0.05) is 64.8 Å². The minimum atomic E-state index is -1.90. The lowest BCUT2D eigenvalue weighted by atomic mass is 9.37. The van der Waals surface area contributed by atoms with Gasteiger partial charge in [0.2, 0.25) is 5.78 Å². The van der Waals surface area contributed by atoms with E-state index in [1.807, 2.05) is 13.8 Å². The topological polar surface area (TPSA) is 146 Å². The fourth-order valence-corrected chi connectivity index (χ4v) is 19.1. The highest BCUT2D eigenvalue weighted by Gasteiger charge is 2.78. The monoisotopic (exact) mass is 887 g/mol. The number of aldehydes is 1. The predicted octanol–water partition coefficient (Wildman–Crippen LogP) is 8.89. The molecule has 0 amide bonds. The number of rotatable bonds is 4. The van der Waals surface area contributed by atoms with Gasteiger partial charge in [-0.2, -0.15) is 0 Å². The van der Waals surface area contributed by atoms with Gasteiger partial charge in [-0.25, -0.2) is 8.78 Å². The molecular weight excluding hydrogens is 815 g/mol. The molecule has 3 N–H and O–H groups in total. The second-order valence-corrected chi connectivity index (χ2v) is 25.2. The van der Waals surface area contributed by atoms with Crippen molar-refractivity contribution in [3.05, 3.63) is 47.6 Å². The maximum atomic E-state index is 17.3. The first-order valence-corrected chi connectivity index (χ1v) is 24.5. The molecule has 0 bridgehead atoms. The van der Waals surface area contributed by atoms with Crippen LogP contribution < -0.4 is 0 Å². The van der Waals surface area contributed by atoms with E-state index in [0.717, 1.165) is 49.7 Å². The fourth-order valence-electron chi connectivity index (χ4n) is 19.1. The lowest BCUT2D eigenvalue weighted by Gasteiger charge is -2.68. The second kappa shape index (κ2) is 14.3. The number of hydrogen-bond acceptors (Lipinski definition) is 8. The molecule has 8 nitrogen and oxygen atoms in total. The van der Waals surface area contributed by atoms with Gasteiger partial charge in [0.05, 0.1) is 12.2 Å². The summed E-state index contributed by atoms with van der Waals surface area (Å²) < 4.78 is 34.6. The number of carbonyl (C=O) groups excluding carboxylic acids is 5. The predicted molar refractivity (Wildman–Crippen MR) is 238 cm³/mol. The van der Waals surface area contributed by atoms with Crippen molar-refractivity contribution in [2.75, 3.05) is 6.61 Å². The molecule has 10 heteroatoms. The first kappa shape index (κ1) is 46.2. The molecule has 4 unspecified atom stereocenters. The van der Waals surface area contributed by atoms with Gasteiger partial charge in [0, 0.05) is 33.5 Å². The van der Waals surface area contributed by atoms with E-state index in [9.17, 15) is 39.3 Å². The number of fused-ring (bicyclic) bond motifs is 14. The molecule has 10 rings (SSSR count). The summed E-state index contributed by atoms with van der Waals surface area (Å²) in [6.07, 6.45) is 16.6. The smallest absolute Gasteiger partial charge is 0.202 e. The summed E-state index contributed by atoms with van der Waals surface area (Å²) >= 11 is 0. The Bertz CT molecular complexity index is 2200. The average Bonchev–Trinajstić information content (AvgIpc) is 3.70. The maximum absolute atomic E-state index is 17.3. The Hall–Kier alpha value is -2.95. The lowest BCUT2D eigenvalue weighted by Crippen LogP contribution is -2.71. The van der Waals surface area contributed by atoms with Crippen LogP contribution in [0.5, 0.6) is 0 Å². The van der Waals surface area contributed by atoms with Crippen LogP contribution in [0.15, 0.2) is 47.6 Å². The first-order valence-electron chi connectivity index (χ1n) is 24.5. The van der Waals surface area contributed by atoms with Crippen molar-refractivity contribution >= 4 is 29.4 Å². The molecule has 0 heterocycles. The maximum Gasteiger partial charge on any atom is 0.202 e. The van der Waals surface area contributed by atoms with E-state index >= 15 is 8.78 Å². The Morgan fingerprint density at radius 3 is 1.45 bits per heavy atom. The summed E-state index contributed by atoms with van der Waals surface area (Å²) in [6.45, 7) is 16.0. The SMILES string of the molecule is CC1(C)C[C@@H]2CCC3C4CCC5=CC(=O)C=C[C@]5(C)[C@@]4(F)[C@@H](O)C[C@]3(C)[C@]2(C(=O)C=O)C1.CC1(C)C[C@@H]2CCC3C4CCC5=CC(=O)C=C[C@]5(C)[C@@]4(F)[C@@H](O)C[C@]3(C)[C@]2(C(=O)CO)C1. The molecule has 350 valence electrons. The molecule has 8 saturated carbocycles. The van der Waals surface area contributed by atoms with Crippen LogP contribution >= 0.6 is 0 Å². The van der Waals surface area contributed by atoms with Crippen LogP contribution in [-0.4, -0.2) is 74.9 Å². The van der Waals surface area contributed by atoms with E-state index in [-0.39, 0.29) is 76.4 Å². The number of allylic oxidation sites excluding steroid dienone is 8. The summed E-state index contributed by atoms with van der Waals surface area (Å²) in [4.78, 5) is 62.8. The van der Waals surface area contributed by atoms with Crippen LogP contribution in [0, 0.1) is 78.8 Å². The molecule has 0 aromatic rings. The number of Topliss-reactive ketones (excluding diaryl/α,β-unsaturated/α-hetero) is 2. The molecule has 8 fully saturated rings. The number of aliphatic hydroxyl groups excluding tert-OH is 3. The van der Waals surface area contributed by atoms with Gasteiger partial charge in [0.25, 0.3) is 0 Å². The largest absolute Gasteiger partial charge is 0.390 e. The van der Waals surface area contributed by atoms with Gasteiger partial charge < -0.3 is 15.3 Å². The Balaban J connectivity index is 0.000000162. The number of ketones is 4. The van der Waals surface area contributed by atoms with Crippen LogP contribution in [0.25, 0.3) is 0 Å². The molecule has 10 aliphatic carbocycles. The van der Waals surface area contributed by atoms with Crippen molar-refractivity contribution in [1.29, 1.82) is 0 Å². The van der Waals surface area contributed by atoms with Crippen molar-refractivity contribution in [3.63, 3.8) is 0 Å². The summed E-state index contributed by atoms with van der Waals surface area (Å²) in [5.74, 6) is -1.39.